The molecule has 96 valence electrons. The monoisotopic (exact) mass is 267 g/mol. The summed E-state index contributed by atoms with van der Waals surface area (Å²) in [5.41, 5.74) is 1.03. The first-order chi connectivity index (χ1) is 8.51. The lowest BCUT2D eigenvalue weighted by Gasteiger charge is -2.07. The molecule has 18 heavy (non-hydrogen) atoms. The summed E-state index contributed by atoms with van der Waals surface area (Å²) in [7, 11) is -3.67. The van der Waals surface area contributed by atoms with Crippen LogP contribution < -0.4 is 4.72 Å². The van der Waals surface area contributed by atoms with Crippen LogP contribution in [0.25, 0.3) is 0 Å². The van der Waals surface area contributed by atoms with E-state index in [0.29, 0.717) is 17.1 Å². The predicted molar refractivity (Wildman–Crippen MR) is 66.5 cm³/mol. The Kier molecular flexibility index (Phi) is 3.35. The van der Waals surface area contributed by atoms with Crippen molar-refractivity contribution in [1.29, 1.82) is 0 Å². The zero-order chi connectivity index (χ0) is 13.2. The molecule has 0 saturated heterocycles. The molecule has 0 fully saturated rings. The van der Waals surface area contributed by atoms with Crippen molar-refractivity contribution in [1.82, 2.24) is 9.97 Å². The van der Waals surface area contributed by atoms with Gasteiger partial charge in [0.15, 0.2) is 5.03 Å². The van der Waals surface area contributed by atoms with Crippen LogP contribution in [0.4, 0.5) is 5.69 Å². The van der Waals surface area contributed by atoms with Gasteiger partial charge in [-0.1, -0.05) is 12.1 Å². The number of imidazole rings is 1. The number of H-pyrrole nitrogens is 1. The van der Waals surface area contributed by atoms with Gasteiger partial charge in [0.05, 0.1) is 12.8 Å². The largest absolute Gasteiger partial charge is 0.392 e. The van der Waals surface area contributed by atoms with E-state index in [1.165, 1.54) is 6.20 Å². The van der Waals surface area contributed by atoms with Gasteiger partial charge in [0.1, 0.15) is 5.82 Å². The van der Waals surface area contributed by atoms with Crippen LogP contribution in [0.1, 0.15) is 11.4 Å². The van der Waals surface area contributed by atoms with Gasteiger partial charge in [0.25, 0.3) is 10.0 Å². The Balaban J connectivity index is 2.27. The fraction of sp³-hybridized carbons (Fsp3) is 0.182. The maximum atomic E-state index is 12.0. The first-order valence-electron chi connectivity index (χ1n) is 5.25. The quantitative estimate of drug-likeness (QED) is 0.770. The van der Waals surface area contributed by atoms with Crippen LogP contribution in [-0.4, -0.2) is 23.5 Å². The summed E-state index contributed by atoms with van der Waals surface area (Å²) >= 11 is 0. The number of benzene rings is 1. The smallest absolute Gasteiger partial charge is 0.278 e. The molecule has 0 atom stereocenters. The number of aromatic amines is 1. The maximum Gasteiger partial charge on any atom is 0.278 e. The fourth-order valence-corrected chi connectivity index (χ4v) is 2.50. The van der Waals surface area contributed by atoms with Crippen LogP contribution in [0.15, 0.2) is 35.5 Å². The third-order valence-corrected chi connectivity index (χ3v) is 3.62. The average Bonchev–Trinajstić information content (AvgIpc) is 2.76. The average molecular weight is 267 g/mol. The summed E-state index contributed by atoms with van der Waals surface area (Å²) in [6, 6.07) is 6.56. The molecule has 0 amide bonds. The van der Waals surface area contributed by atoms with Crippen LogP contribution in [0, 0.1) is 6.92 Å². The van der Waals surface area contributed by atoms with Crippen molar-refractivity contribution in [3.63, 3.8) is 0 Å². The molecular formula is C11H13N3O3S. The minimum Gasteiger partial charge on any atom is -0.392 e. The summed E-state index contributed by atoms with van der Waals surface area (Å²) in [5, 5.41) is 9.00. The second-order valence-electron chi connectivity index (χ2n) is 3.80. The number of aromatic nitrogens is 2. The number of hydrogen-bond acceptors (Lipinski definition) is 4. The molecule has 0 saturated carbocycles. The molecule has 0 bridgehead atoms. The van der Waals surface area contributed by atoms with Crippen molar-refractivity contribution in [3.05, 3.63) is 41.9 Å². The number of hydrogen-bond donors (Lipinski definition) is 3. The number of aliphatic hydroxyl groups excluding tert-OH is 1. The van der Waals surface area contributed by atoms with E-state index in [4.69, 9.17) is 5.11 Å². The van der Waals surface area contributed by atoms with Crippen molar-refractivity contribution in [2.75, 3.05) is 4.72 Å². The molecule has 0 aliphatic carbocycles. The summed E-state index contributed by atoms with van der Waals surface area (Å²) in [6.45, 7) is 1.53. The molecule has 1 aromatic carbocycles. The Morgan fingerprint density at radius 1 is 1.44 bits per heavy atom. The van der Waals surface area contributed by atoms with Gasteiger partial charge in [0, 0.05) is 5.69 Å². The van der Waals surface area contributed by atoms with Crippen LogP contribution >= 0.6 is 0 Å². The normalized spacial score (nSPS) is 11.4. The Morgan fingerprint density at radius 2 is 2.22 bits per heavy atom. The minimum atomic E-state index is -3.67. The molecular weight excluding hydrogens is 254 g/mol. The summed E-state index contributed by atoms with van der Waals surface area (Å²) in [4.78, 5) is 6.50. The highest BCUT2D eigenvalue weighted by molar-refractivity contribution is 7.92. The van der Waals surface area contributed by atoms with Crippen LogP contribution in [0.3, 0.4) is 0 Å². The first-order valence-corrected chi connectivity index (χ1v) is 6.74. The number of aryl methyl sites for hydroxylation is 1. The standard InChI is InChI=1S/C11H13N3O3S/c1-8-12-6-11(13-8)18(16,17)14-10-4-2-3-9(5-10)7-15/h2-6,14-15H,7H2,1H3,(H,12,13). The molecule has 2 rings (SSSR count). The lowest BCUT2D eigenvalue weighted by atomic mass is 10.2. The van der Waals surface area contributed by atoms with Gasteiger partial charge in [-0.3, -0.25) is 4.72 Å². The van der Waals surface area contributed by atoms with Crippen molar-refractivity contribution in [3.8, 4) is 0 Å². The highest BCUT2D eigenvalue weighted by Gasteiger charge is 2.16. The van der Waals surface area contributed by atoms with E-state index in [1.807, 2.05) is 0 Å². The zero-order valence-electron chi connectivity index (χ0n) is 9.71. The number of sulfonamides is 1. The Bertz CT molecular complexity index is 649. The lowest BCUT2D eigenvalue weighted by Crippen LogP contribution is -2.13. The van der Waals surface area contributed by atoms with Crippen molar-refractivity contribution >= 4 is 15.7 Å². The molecule has 3 N–H and O–H groups in total. The minimum absolute atomic E-state index is 0.00871. The molecule has 0 aliphatic heterocycles. The number of nitrogens with one attached hydrogen (secondary N) is 2. The lowest BCUT2D eigenvalue weighted by molar-refractivity contribution is 0.282. The van der Waals surface area contributed by atoms with Crippen molar-refractivity contribution in [2.45, 2.75) is 18.6 Å². The Labute approximate surface area is 105 Å². The fourth-order valence-electron chi connectivity index (χ4n) is 1.48. The second-order valence-corrected chi connectivity index (χ2v) is 5.45. The number of nitrogens with zero attached hydrogens (tertiary/aromatic N) is 1. The molecule has 1 aromatic heterocycles. The molecule has 1 heterocycles. The Morgan fingerprint density at radius 3 is 2.83 bits per heavy atom. The van der Waals surface area contributed by atoms with Crippen LogP contribution in [-0.2, 0) is 16.6 Å². The summed E-state index contributed by atoms with van der Waals surface area (Å²) < 4.78 is 26.4. The summed E-state index contributed by atoms with van der Waals surface area (Å²) in [6.07, 6.45) is 1.26. The van der Waals surface area contributed by atoms with E-state index in [1.54, 1.807) is 31.2 Å². The first kappa shape index (κ1) is 12.6. The van der Waals surface area contributed by atoms with Gasteiger partial charge >= 0.3 is 0 Å². The topological polar surface area (TPSA) is 95.1 Å². The maximum absolute atomic E-state index is 12.0. The number of anilines is 1. The molecule has 0 spiro atoms. The molecule has 0 unspecified atom stereocenters. The molecule has 0 aliphatic rings. The second kappa shape index (κ2) is 4.79. The highest BCUT2D eigenvalue weighted by atomic mass is 32.2. The van der Waals surface area contributed by atoms with Crippen LogP contribution in [0.2, 0.25) is 0 Å². The molecule has 6 nitrogen and oxygen atoms in total. The van der Waals surface area contributed by atoms with Gasteiger partial charge < -0.3 is 10.1 Å². The van der Waals surface area contributed by atoms with Gasteiger partial charge in [-0.2, -0.15) is 8.42 Å². The molecule has 0 radical (unpaired) electrons. The van der Waals surface area contributed by atoms with Gasteiger partial charge in [-0.25, -0.2) is 4.98 Å². The SMILES string of the molecule is Cc1ncc(S(=O)(=O)Nc2cccc(CO)c2)[nH]1. The third kappa shape index (κ3) is 2.69. The van der Waals surface area contributed by atoms with Crippen molar-refractivity contribution < 1.29 is 13.5 Å². The van der Waals surface area contributed by atoms with E-state index < -0.39 is 10.0 Å². The van der Waals surface area contributed by atoms with Crippen LogP contribution in [0.5, 0.6) is 0 Å². The Hall–Kier alpha value is -1.86. The zero-order valence-corrected chi connectivity index (χ0v) is 10.5. The van der Waals surface area contributed by atoms with Gasteiger partial charge in [-0.05, 0) is 24.6 Å². The number of aliphatic hydroxyl groups is 1. The third-order valence-electron chi connectivity index (χ3n) is 2.33. The van der Waals surface area contributed by atoms with E-state index >= 15 is 0 Å². The van der Waals surface area contributed by atoms with E-state index in [2.05, 4.69) is 14.7 Å². The summed E-state index contributed by atoms with van der Waals surface area (Å²) in [5.74, 6) is 0.527. The van der Waals surface area contributed by atoms with Gasteiger partial charge in [-0.15, -0.1) is 0 Å². The molecule has 7 heteroatoms. The van der Waals surface area contributed by atoms with Gasteiger partial charge in [0.2, 0.25) is 0 Å². The molecule has 2 aromatic rings. The van der Waals surface area contributed by atoms with Crippen molar-refractivity contribution in [2.24, 2.45) is 0 Å². The number of rotatable bonds is 4. The highest BCUT2D eigenvalue weighted by Crippen LogP contribution is 2.16. The van der Waals surface area contributed by atoms with E-state index in [-0.39, 0.29) is 11.6 Å². The van der Waals surface area contributed by atoms with E-state index in [0.717, 1.165) is 0 Å². The van der Waals surface area contributed by atoms with E-state index in [9.17, 15) is 8.42 Å². The predicted octanol–water partition coefficient (Wildman–Crippen LogP) is 1.01.